The van der Waals surface area contributed by atoms with Crippen molar-refractivity contribution in [2.75, 3.05) is 49.1 Å². The molecule has 0 radical (unpaired) electrons. The number of nitrogens with zero attached hydrogens (tertiary/aromatic N) is 6. The van der Waals surface area contributed by atoms with Crippen LogP contribution in [0.4, 0.5) is 11.8 Å². The molecule has 2 saturated heterocycles. The molecule has 0 unspecified atom stereocenters. The van der Waals surface area contributed by atoms with E-state index in [1.165, 1.54) is 6.20 Å². The number of aryl methyl sites for hydroxylation is 1. The number of pyridine rings is 1. The highest BCUT2D eigenvalue weighted by molar-refractivity contribution is 7.89. The molecule has 9 heteroatoms. The minimum absolute atomic E-state index is 0.291. The first-order valence-electron chi connectivity index (χ1n) is 9.49. The summed E-state index contributed by atoms with van der Waals surface area (Å²) in [6, 6.07) is 3.52. The van der Waals surface area contributed by atoms with E-state index >= 15 is 0 Å². The van der Waals surface area contributed by atoms with Crippen LogP contribution in [0.25, 0.3) is 0 Å². The van der Waals surface area contributed by atoms with Gasteiger partial charge in [-0.15, -0.1) is 0 Å². The average molecular weight is 391 g/mol. The fourth-order valence-electron chi connectivity index (χ4n) is 3.76. The van der Waals surface area contributed by atoms with Crippen LogP contribution in [-0.4, -0.2) is 66.5 Å². The molecule has 2 aromatic rings. The predicted octanol–water partition coefficient (Wildman–Crippen LogP) is 1.32. The van der Waals surface area contributed by atoms with E-state index in [9.17, 15) is 8.42 Å². The number of piperidine rings is 1. The molecule has 0 amide bonds. The standard InChI is InChI=1S/C18H26N6O2S/c1-21-10-7-19-18(21)23-13-11-22(12-14-23)17-6-5-16(15-20-17)27(25,26)24-8-3-2-4-9-24/h5-7,10,15H,2-4,8-9,11-14H2,1H3. The second-order valence-corrected chi connectivity index (χ2v) is 9.07. The summed E-state index contributed by atoms with van der Waals surface area (Å²) in [7, 11) is -1.42. The minimum atomic E-state index is -3.42. The highest BCUT2D eigenvalue weighted by Gasteiger charge is 2.27. The third-order valence-corrected chi connectivity index (χ3v) is 7.24. The monoisotopic (exact) mass is 390 g/mol. The van der Waals surface area contributed by atoms with E-state index in [-0.39, 0.29) is 0 Å². The highest BCUT2D eigenvalue weighted by Crippen LogP contribution is 2.22. The molecule has 2 fully saturated rings. The first-order chi connectivity index (χ1) is 13.1. The van der Waals surface area contributed by atoms with Gasteiger partial charge in [-0.3, -0.25) is 0 Å². The number of imidazole rings is 1. The molecule has 27 heavy (non-hydrogen) atoms. The fraction of sp³-hybridized carbons (Fsp3) is 0.556. The van der Waals surface area contributed by atoms with Crippen LogP contribution in [0.15, 0.2) is 35.6 Å². The molecule has 0 atom stereocenters. The minimum Gasteiger partial charge on any atom is -0.353 e. The summed E-state index contributed by atoms with van der Waals surface area (Å²) < 4.78 is 29.1. The zero-order valence-electron chi connectivity index (χ0n) is 15.7. The van der Waals surface area contributed by atoms with Crippen LogP contribution < -0.4 is 9.80 Å². The Labute approximate surface area is 160 Å². The van der Waals surface area contributed by atoms with Crippen molar-refractivity contribution in [2.24, 2.45) is 7.05 Å². The van der Waals surface area contributed by atoms with Gasteiger partial charge < -0.3 is 14.4 Å². The maximum Gasteiger partial charge on any atom is 0.244 e. The van der Waals surface area contributed by atoms with Crippen LogP contribution in [0.2, 0.25) is 0 Å². The van der Waals surface area contributed by atoms with Gasteiger partial charge in [-0.1, -0.05) is 6.42 Å². The van der Waals surface area contributed by atoms with E-state index in [0.29, 0.717) is 18.0 Å². The van der Waals surface area contributed by atoms with E-state index in [1.807, 2.05) is 30.1 Å². The van der Waals surface area contributed by atoms with Gasteiger partial charge in [0.1, 0.15) is 10.7 Å². The van der Waals surface area contributed by atoms with Gasteiger partial charge in [-0.05, 0) is 25.0 Å². The molecule has 0 saturated carbocycles. The van der Waals surface area contributed by atoms with Crippen molar-refractivity contribution < 1.29 is 8.42 Å². The number of aromatic nitrogens is 3. The van der Waals surface area contributed by atoms with Crippen LogP contribution in [0, 0.1) is 0 Å². The summed E-state index contributed by atoms with van der Waals surface area (Å²) in [5.74, 6) is 1.80. The molecular formula is C18H26N6O2S. The summed E-state index contributed by atoms with van der Waals surface area (Å²) in [5, 5.41) is 0. The molecule has 2 aliphatic heterocycles. The maximum absolute atomic E-state index is 12.7. The molecule has 0 N–H and O–H groups in total. The lowest BCUT2D eigenvalue weighted by Gasteiger charge is -2.36. The van der Waals surface area contributed by atoms with Gasteiger partial charge >= 0.3 is 0 Å². The molecule has 2 aliphatic rings. The van der Waals surface area contributed by atoms with Crippen molar-refractivity contribution >= 4 is 21.8 Å². The van der Waals surface area contributed by atoms with Gasteiger partial charge in [0.05, 0.1) is 0 Å². The van der Waals surface area contributed by atoms with Crippen LogP contribution in [0.5, 0.6) is 0 Å². The Balaban J connectivity index is 1.42. The second kappa shape index (κ2) is 7.47. The quantitative estimate of drug-likeness (QED) is 0.784. The van der Waals surface area contributed by atoms with Crippen LogP contribution in [0.3, 0.4) is 0 Å². The third-order valence-electron chi connectivity index (χ3n) is 5.36. The van der Waals surface area contributed by atoms with Crippen molar-refractivity contribution in [3.05, 3.63) is 30.7 Å². The van der Waals surface area contributed by atoms with Gasteiger partial charge in [0.15, 0.2) is 0 Å². The van der Waals surface area contributed by atoms with Crippen molar-refractivity contribution in [3.63, 3.8) is 0 Å². The Bertz CT molecular complexity index is 866. The van der Waals surface area contributed by atoms with E-state index in [2.05, 4.69) is 19.8 Å². The molecule has 2 aromatic heterocycles. The number of sulfonamides is 1. The molecule has 8 nitrogen and oxygen atoms in total. The maximum atomic E-state index is 12.7. The molecule has 0 spiro atoms. The summed E-state index contributed by atoms with van der Waals surface area (Å²) in [5.41, 5.74) is 0. The van der Waals surface area contributed by atoms with Gasteiger partial charge in [0, 0.05) is 64.9 Å². The van der Waals surface area contributed by atoms with E-state index in [4.69, 9.17) is 0 Å². The van der Waals surface area contributed by atoms with Crippen LogP contribution in [-0.2, 0) is 17.1 Å². The summed E-state index contributed by atoms with van der Waals surface area (Å²) in [6.07, 6.45) is 8.24. The van der Waals surface area contributed by atoms with Crippen molar-refractivity contribution in [1.29, 1.82) is 0 Å². The molecule has 0 aliphatic carbocycles. The largest absolute Gasteiger partial charge is 0.353 e. The number of anilines is 2. The fourth-order valence-corrected chi connectivity index (χ4v) is 5.23. The lowest BCUT2D eigenvalue weighted by atomic mass is 10.2. The number of rotatable bonds is 4. The van der Waals surface area contributed by atoms with Gasteiger partial charge in [0.2, 0.25) is 16.0 Å². The molecule has 0 aromatic carbocycles. The number of hydrogen-bond donors (Lipinski definition) is 0. The Kier molecular flexibility index (Phi) is 5.05. The lowest BCUT2D eigenvalue weighted by molar-refractivity contribution is 0.346. The van der Waals surface area contributed by atoms with Crippen LogP contribution >= 0.6 is 0 Å². The van der Waals surface area contributed by atoms with Gasteiger partial charge in [-0.2, -0.15) is 4.31 Å². The van der Waals surface area contributed by atoms with E-state index in [0.717, 1.165) is 57.2 Å². The molecule has 0 bridgehead atoms. The van der Waals surface area contributed by atoms with Crippen molar-refractivity contribution in [2.45, 2.75) is 24.2 Å². The zero-order valence-corrected chi connectivity index (χ0v) is 16.5. The third kappa shape index (κ3) is 3.66. The zero-order chi connectivity index (χ0) is 18.9. The van der Waals surface area contributed by atoms with E-state index < -0.39 is 10.0 Å². The average Bonchev–Trinajstić information content (AvgIpc) is 3.15. The molecule has 146 valence electrons. The molecule has 4 heterocycles. The van der Waals surface area contributed by atoms with Gasteiger partial charge in [0.25, 0.3) is 0 Å². The SMILES string of the molecule is Cn1ccnc1N1CCN(c2ccc(S(=O)(=O)N3CCCCC3)cn2)CC1. The highest BCUT2D eigenvalue weighted by atomic mass is 32.2. The summed E-state index contributed by atoms with van der Waals surface area (Å²) in [6.45, 7) is 4.61. The van der Waals surface area contributed by atoms with E-state index in [1.54, 1.807) is 10.4 Å². The normalized spacial score (nSPS) is 19.4. The second-order valence-electron chi connectivity index (χ2n) is 7.13. The summed E-state index contributed by atoms with van der Waals surface area (Å²) in [4.78, 5) is 13.6. The first-order valence-corrected chi connectivity index (χ1v) is 10.9. The smallest absolute Gasteiger partial charge is 0.244 e. The Morgan fingerprint density at radius 2 is 1.59 bits per heavy atom. The molecular weight excluding hydrogens is 364 g/mol. The predicted molar refractivity (Wildman–Crippen MR) is 104 cm³/mol. The van der Waals surface area contributed by atoms with Gasteiger partial charge in [-0.25, -0.2) is 18.4 Å². The number of hydrogen-bond acceptors (Lipinski definition) is 6. The Morgan fingerprint density at radius 1 is 0.889 bits per heavy atom. The Morgan fingerprint density at radius 3 is 2.19 bits per heavy atom. The lowest BCUT2D eigenvalue weighted by Crippen LogP contribution is -2.47. The molecule has 4 rings (SSSR count). The summed E-state index contributed by atoms with van der Waals surface area (Å²) >= 11 is 0. The first kappa shape index (κ1) is 18.2. The Hall–Kier alpha value is -2.13. The van der Waals surface area contributed by atoms with Crippen molar-refractivity contribution in [3.8, 4) is 0 Å². The topological polar surface area (TPSA) is 74.6 Å². The number of piperazine rings is 1. The van der Waals surface area contributed by atoms with Crippen LogP contribution in [0.1, 0.15) is 19.3 Å². The van der Waals surface area contributed by atoms with Crippen molar-refractivity contribution in [1.82, 2.24) is 18.8 Å².